The summed E-state index contributed by atoms with van der Waals surface area (Å²) in [6, 6.07) is 7.88. The van der Waals surface area contributed by atoms with Crippen LogP contribution in [-0.4, -0.2) is 10.1 Å². The van der Waals surface area contributed by atoms with Crippen LogP contribution in [0.5, 0.6) is 5.75 Å². The summed E-state index contributed by atoms with van der Waals surface area (Å²) in [7, 11) is 0. The fourth-order valence-corrected chi connectivity index (χ4v) is 1.76. The molecular weight excluding hydrogens is 200 g/mol. The van der Waals surface area contributed by atoms with E-state index >= 15 is 0 Å². The first-order valence-electron chi connectivity index (χ1n) is 4.13. The Bertz CT molecular complexity index is 297. The first kappa shape index (κ1) is 10.5. The number of aryl methyl sites for hydroxylation is 1. The van der Waals surface area contributed by atoms with Crippen LogP contribution in [0.4, 0.5) is 0 Å². The van der Waals surface area contributed by atoms with Gasteiger partial charge >= 0.3 is 0 Å². The molecule has 0 aromatic heterocycles. The second-order valence-electron chi connectivity index (χ2n) is 2.60. The van der Waals surface area contributed by atoms with Crippen molar-refractivity contribution in [1.82, 2.24) is 0 Å². The Hall–Kier alpha value is -0.540. The minimum Gasteiger partial charge on any atom is -0.440 e. The van der Waals surface area contributed by atoms with Crippen molar-refractivity contribution in [2.24, 2.45) is 0 Å². The van der Waals surface area contributed by atoms with Crippen molar-refractivity contribution in [1.29, 1.82) is 0 Å². The molecule has 70 valence electrons. The van der Waals surface area contributed by atoms with E-state index in [-0.39, 0.29) is 0 Å². The van der Waals surface area contributed by atoms with E-state index in [0.717, 1.165) is 11.5 Å². The standard InChI is InChI=1S/C10H12OS2/c1-3-13-10(12)11-9-6-4-5-8(2)7-9/h4-7H,3H2,1-2H3. The molecule has 1 aromatic carbocycles. The number of benzene rings is 1. The molecule has 0 aliphatic rings. The molecule has 0 saturated carbocycles. The average molecular weight is 212 g/mol. The molecule has 0 spiro atoms. The molecule has 3 heteroatoms. The summed E-state index contributed by atoms with van der Waals surface area (Å²) in [4.78, 5) is 0. The molecule has 0 N–H and O–H groups in total. The molecule has 0 aliphatic heterocycles. The van der Waals surface area contributed by atoms with E-state index in [9.17, 15) is 0 Å². The monoisotopic (exact) mass is 212 g/mol. The van der Waals surface area contributed by atoms with Gasteiger partial charge in [0.1, 0.15) is 5.75 Å². The summed E-state index contributed by atoms with van der Waals surface area (Å²) in [5, 5.41) is 0. The predicted molar refractivity (Wildman–Crippen MR) is 62.5 cm³/mol. The van der Waals surface area contributed by atoms with Crippen LogP contribution in [0.15, 0.2) is 24.3 Å². The van der Waals surface area contributed by atoms with Gasteiger partial charge in [0.15, 0.2) is 0 Å². The molecule has 0 fully saturated rings. The maximum Gasteiger partial charge on any atom is 0.225 e. The Balaban J connectivity index is 2.58. The van der Waals surface area contributed by atoms with Gasteiger partial charge in [-0.1, -0.05) is 30.8 Å². The Morgan fingerprint density at radius 2 is 2.31 bits per heavy atom. The molecule has 1 nitrogen and oxygen atoms in total. The molecule has 0 atom stereocenters. The molecule has 13 heavy (non-hydrogen) atoms. The number of thioether (sulfide) groups is 1. The second kappa shape index (κ2) is 5.25. The van der Waals surface area contributed by atoms with E-state index in [1.807, 2.05) is 31.2 Å². The highest BCUT2D eigenvalue weighted by atomic mass is 32.2. The lowest BCUT2D eigenvalue weighted by atomic mass is 10.2. The summed E-state index contributed by atoms with van der Waals surface area (Å²) in [6.45, 7) is 4.08. The van der Waals surface area contributed by atoms with Gasteiger partial charge in [-0.05, 0) is 42.6 Å². The molecule has 1 aromatic rings. The van der Waals surface area contributed by atoms with Crippen molar-refractivity contribution in [3.63, 3.8) is 0 Å². The van der Waals surface area contributed by atoms with E-state index in [4.69, 9.17) is 17.0 Å². The summed E-state index contributed by atoms with van der Waals surface area (Å²) in [5.74, 6) is 1.77. The molecule has 0 bridgehead atoms. The van der Waals surface area contributed by atoms with Gasteiger partial charge in [0.05, 0.1) is 0 Å². The largest absolute Gasteiger partial charge is 0.440 e. The summed E-state index contributed by atoms with van der Waals surface area (Å²) >= 11 is 6.56. The highest BCUT2D eigenvalue weighted by Gasteiger charge is 1.99. The molecule has 1 rings (SSSR count). The van der Waals surface area contributed by atoms with Crippen LogP contribution in [0.2, 0.25) is 0 Å². The quantitative estimate of drug-likeness (QED) is 0.695. The Labute approximate surface area is 88.5 Å². The number of rotatable bonds is 2. The van der Waals surface area contributed by atoms with E-state index in [2.05, 4.69) is 6.92 Å². The first-order chi connectivity index (χ1) is 6.22. The lowest BCUT2D eigenvalue weighted by molar-refractivity contribution is 0.578. The maximum atomic E-state index is 5.43. The van der Waals surface area contributed by atoms with Crippen molar-refractivity contribution >= 4 is 28.4 Å². The molecule has 0 radical (unpaired) electrons. The zero-order valence-corrected chi connectivity index (χ0v) is 9.37. The molecule has 0 saturated heterocycles. The Kier molecular flexibility index (Phi) is 4.25. The van der Waals surface area contributed by atoms with Gasteiger partial charge in [-0.25, -0.2) is 0 Å². The van der Waals surface area contributed by atoms with Gasteiger partial charge in [-0.2, -0.15) is 0 Å². The summed E-state index contributed by atoms with van der Waals surface area (Å²) < 4.78 is 6.02. The average Bonchev–Trinajstić information content (AvgIpc) is 2.04. The van der Waals surface area contributed by atoms with Crippen molar-refractivity contribution < 1.29 is 4.74 Å². The summed E-state index contributed by atoms with van der Waals surface area (Å²) in [5.41, 5.74) is 1.18. The van der Waals surface area contributed by atoms with E-state index in [1.165, 1.54) is 5.56 Å². The minimum absolute atomic E-state index is 0.591. The smallest absolute Gasteiger partial charge is 0.225 e. The SMILES string of the molecule is CCSC(=S)Oc1cccc(C)c1. The molecule has 0 amide bonds. The zero-order valence-electron chi connectivity index (χ0n) is 7.74. The van der Waals surface area contributed by atoms with Crippen LogP contribution >= 0.6 is 24.0 Å². The fraction of sp³-hybridized carbons (Fsp3) is 0.300. The van der Waals surface area contributed by atoms with E-state index in [1.54, 1.807) is 11.8 Å². The number of ether oxygens (including phenoxy) is 1. The maximum absolute atomic E-state index is 5.43. The number of thiocarbonyl (C=S) groups is 1. The van der Waals surface area contributed by atoms with Crippen LogP contribution in [0.1, 0.15) is 12.5 Å². The van der Waals surface area contributed by atoms with Crippen LogP contribution in [0, 0.1) is 6.92 Å². The highest BCUT2D eigenvalue weighted by molar-refractivity contribution is 8.22. The molecule has 0 aliphatic carbocycles. The fourth-order valence-electron chi connectivity index (χ4n) is 0.922. The van der Waals surface area contributed by atoms with Crippen molar-refractivity contribution in [2.45, 2.75) is 13.8 Å². The van der Waals surface area contributed by atoms with Gasteiger partial charge < -0.3 is 4.74 Å². The third kappa shape index (κ3) is 3.79. The third-order valence-electron chi connectivity index (χ3n) is 1.45. The Morgan fingerprint density at radius 3 is 2.92 bits per heavy atom. The van der Waals surface area contributed by atoms with Crippen LogP contribution in [0.25, 0.3) is 0 Å². The van der Waals surface area contributed by atoms with Crippen LogP contribution < -0.4 is 4.74 Å². The highest BCUT2D eigenvalue weighted by Crippen LogP contribution is 2.16. The van der Waals surface area contributed by atoms with Gasteiger partial charge in [-0.3, -0.25) is 0 Å². The van der Waals surface area contributed by atoms with Crippen molar-refractivity contribution in [3.05, 3.63) is 29.8 Å². The number of hydrogen-bond donors (Lipinski definition) is 0. The predicted octanol–water partition coefficient (Wildman–Crippen LogP) is 3.41. The van der Waals surface area contributed by atoms with E-state index in [0.29, 0.717) is 4.38 Å². The van der Waals surface area contributed by atoms with Gasteiger partial charge in [0.2, 0.25) is 4.38 Å². The first-order valence-corrected chi connectivity index (χ1v) is 5.53. The molecular formula is C10H12OS2. The zero-order chi connectivity index (χ0) is 9.68. The second-order valence-corrected chi connectivity index (χ2v) is 4.47. The van der Waals surface area contributed by atoms with Gasteiger partial charge in [-0.15, -0.1) is 0 Å². The lowest BCUT2D eigenvalue weighted by Crippen LogP contribution is -2.00. The summed E-state index contributed by atoms with van der Waals surface area (Å²) in [6.07, 6.45) is 0. The normalized spacial score (nSPS) is 9.69. The molecule has 0 unspecified atom stereocenters. The lowest BCUT2D eigenvalue weighted by Gasteiger charge is -2.05. The van der Waals surface area contributed by atoms with Crippen molar-refractivity contribution in [3.8, 4) is 5.75 Å². The van der Waals surface area contributed by atoms with Crippen molar-refractivity contribution in [2.75, 3.05) is 5.75 Å². The third-order valence-corrected chi connectivity index (χ3v) is 2.50. The van der Waals surface area contributed by atoms with Crippen LogP contribution in [-0.2, 0) is 0 Å². The van der Waals surface area contributed by atoms with Gasteiger partial charge in [0, 0.05) is 0 Å². The topological polar surface area (TPSA) is 9.23 Å². The minimum atomic E-state index is 0.591. The van der Waals surface area contributed by atoms with Crippen LogP contribution in [0.3, 0.4) is 0 Å². The Morgan fingerprint density at radius 1 is 1.54 bits per heavy atom. The molecule has 0 heterocycles. The number of hydrogen-bond acceptors (Lipinski definition) is 3. The van der Waals surface area contributed by atoms with E-state index < -0.39 is 0 Å². The van der Waals surface area contributed by atoms with Gasteiger partial charge in [0.25, 0.3) is 0 Å².